The molecule has 0 saturated heterocycles. The summed E-state index contributed by atoms with van der Waals surface area (Å²) in [7, 11) is 0. The monoisotopic (exact) mass is 274 g/mol. The Bertz CT molecular complexity index is 658. The summed E-state index contributed by atoms with van der Waals surface area (Å²) in [6.45, 7) is 3.40. The van der Waals surface area contributed by atoms with Gasteiger partial charge in [0.25, 0.3) is 5.91 Å². The molecular weight excluding hydrogens is 256 g/mol. The lowest BCUT2D eigenvalue weighted by Crippen LogP contribution is -2.46. The summed E-state index contributed by atoms with van der Waals surface area (Å²) in [4.78, 5) is 24.1. The van der Waals surface area contributed by atoms with E-state index in [1.807, 2.05) is 0 Å². The van der Waals surface area contributed by atoms with Gasteiger partial charge in [-0.2, -0.15) is 0 Å². The molecule has 1 saturated carbocycles. The Kier molecular flexibility index (Phi) is 2.97. The van der Waals surface area contributed by atoms with Gasteiger partial charge in [-0.3, -0.25) is 4.79 Å². The van der Waals surface area contributed by atoms with Crippen LogP contribution in [0.15, 0.2) is 12.4 Å². The van der Waals surface area contributed by atoms with Gasteiger partial charge in [0, 0.05) is 12.1 Å². The quantitative estimate of drug-likeness (QED) is 0.784. The van der Waals surface area contributed by atoms with Crippen LogP contribution in [0.4, 0.5) is 0 Å². The van der Waals surface area contributed by atoms with E-state index in [1.54, 1.807) is 26.2 Å². The number of aromatic nitrogens is 3. The number of nitrogens with one attached hydrogen (secondary N) is 2. The van der Waals surface area contributed by atoms with Crippen molar-refractivity contribution < 1.29 is 9.90 Å². The predicted octanol–water partition coefficient (Wildman–Crippen LogP) is 1.34. The molecule has 0 aromatic carbocycles. The number of aromatic amines is 1. The molecule has 0 radical (unpaired) electrons. The van der Waals surface area contributed by atoms with Gasteiger partial charge in [0.15, 0.2) is 5.65 Å². The molecule has 1 aliphatic carbocycles. The van der Waals surface area contributed by atoms with Crippen LogP contribution in [0.1, 0.15) is 48.7 Å². The van der Waals surface area contributed by atoms with Crippen molar-refractivity contribution in [1.29, 1.82) is 0 Å². The number of H-pyrrole nitrogens is 1. The van der Waals surface area contributed by atoms with Crippen molar-refractivity contribution in [2.45, 2.75) is 38.1 Å². The highest BCUT2D eigenvalue weighted by Gasteiger charge is 2.27. The zero-order valence-electron chi connectivity index (χ0n) is 11.6. The lowest BCUT2D eigenvalue weighted by Gasteiger charge is -2.23. The first kappa shape index (κ1) is 13.1. The van der Waals surface area contributed by atoms with Crippen LogP contribution >= 0.6 is 0 Å². The second-order valence-corrected chi connectivity index (χ2v) is 5.96. The Morgan fingerprint density at radius 3 is 2.95 bits per heavy atom. The molecule has 0 bridgehead atoms. The van der Waals surface area contributed by atoms with Crippen LogP contribution in [-0.2, 0) is 0 Å². The second kappa shape index (κ2) is 4.56. The van der Waals surface area contributed by atoms with Crippen LogP contribution in [0, 0.1) is 0 Å². The molecule has 2 heterocycles. The van der Waals surface area contributed by atoms with E-state index in [4.69, 9.17) is 0 Å². The summed E-state index contributed by atoms with van der Waals surface area (Å²) in [5.74, 6) is 0.240. The van der Waals surface area contributed by atoms with Gasteiger partial charge in [0.1, 0.15) is 5.52 Å². The lowest BCUT2D eigenvalue weighted by molar-refractivity contribution is 0.0871. The van der Waals surface area contributed by atoms with Crippen molar-refractivity contribution in [1.82, 2.24) is 20.3 Å². The van der Waals surface area contributed by atoms with E-state index in [2.05, 4.69) is 20.3 Å². The van der Waals surface area contributed by atoms with E-state index in [9.17, 15) is 9.90 Å². The Labute approximate surface area is 116 Å². The van der Waals surface area contributed by atoms with Gasteiger partial charge in [-0.1, -0.05) is 0 Å². The van der Waals surface area contributed by atoms with Crippen molar-refractivity contribution in [2.75, 3.05) is 6.61 Å². The van der Waals surface area contributed by atoms with Gasteiger partial charge in [-0.15, -0.1) is 0 Å². The third-order valence-corrected chi connectivity index (χ3v) is 3.49. The van der Waals surface area contributed by atoms with Crippen LogP contribution in [0.3, 0.4) is 0 Å². The van der Waals surface area contributed by atoms with E-state index in [-0.39, 0.29) is 12.5 Å². The maximum absolute atomic E-state index is 12.3. The molecule has 0 aliphatic heterocycles. The maximum Gasteiger partial charge on any atom is 0.255 e. The van der Waals surface area contributed by atoms with Gasteiger partial charge >= 0.3 is 0 Å². The van der Waals surface area contributed by atoms with Crippen molar-refractivity contribution >= 4 is 17.1 Å². The molecule has 0 atom stereocenters. The van der Waals surface area contributed by atoms with E-state index in [0.29, 0.717) is 22.6 Å². The molecule has 2 aromatic heterocycles. The molecule has 6 nitrogen and oxygen atoms in total. The van der Waals surface area contributed by atoms with E-state index >= 15 is 0 Å². The highest BCUT2D eigenvalue weighted by atomic mass is 16.3. The Hall–Kier alpha value is -1.95. The largest absolute Gasteiger partial charge is 0.394 e. The van der Waals surface area contributed by atoms with Gasteiger partial charge in [-0.05, 0) is 26.7 Å². The molecule has 1 aliphatic rings. The molecule has 3 N–H and O–H groups in total. The summed E-state index contributed by atoms with van der Waals surface area (Å²) in [6, 6.07) is 0. The Morgan fingerprint density at radius 2 is 2.30 bits per heavy atom. The number of hydrogen-bond donors (Lipinski definition) is 3. The van der Waals surface area contributed by atoms with Crippen molar-refractivity contribution in [2.24, 2.45) is 0 Å². The smallest absolute Gasteiger partial charge is 0.255 e. The highest BCUT2D eigenvalue weighted by Crippen LogP contribution is 2.39. The van der Waals surface area contributed by atoms with Crippen molar-refractivity contribution in [3.05, 3.63) is 23.7 Å². The number of carbonyl (C=O) groups excluding carboxylic acids is 1. The number of fused-ring (bicyclic) bond motifs is 1. The van der Waals surface area contributed by atoms with Crippen molar-refractivity contribution in [3.8, 4) is 0 Å². The normalized spacial score (nSPS) is 15.6. The number of amides is 1. The third kappa shape index (κ3) is 2.38. The summed E-state index contributed by atoms with van der Waals surface area (Å²) < 4.78 is 0. The predicted molar refractivity (Wildman–Crippen MR) is 74.5 cm³/mol. The first-order chi connectivity index (χ1) is 9.50. The molecule has 0 spiro atoms. The fourth-order valence-electron chi connectivity index (χ4n) is 2.07. The summed E-state index contributed by atoms with van der Waals surface area (Å²) >= 11 is 0. The van der Waals surface area contributed by atoms with E-state index in [0.717, 1.165) is 18.5 Å². The average Bonchev–Trinajstić information content (AvgIpc) is 3.17. The fourth-order valence-corrected chi connectivity index (χ4v) is 2.07. The fraction of sp³-hybridized carbons (Fsp3) is 0.500. The Morgan fingerprint density at radius 1 is 1.55 bits per heavy atom. The zero-order chi connectivity index (χ0) is 14.3. The molecule has 0 unspecified atom stereocenters. The summed E-state index contributed by atoms with van der Waals surface area (Å²) in [5, 5.41) is 12.0. The van der Waals surface area contributed by atoms with Gasteiger partial charge < -0.3 is 15.4 Å². The van der Waals surface area contributed by atoms with Crippen LogP contribution in [0.5, 0.6) is 0 Å². The molecule has 20 heavy (non-hydrogen) atoms. The highest BCUT2D eigenvalue weighted by molar-refractivity contribution is 6.04. The van der Waals surface area contributed by atoms with Crippen LogP contribution in [0.2, 0.25) is 0 Å². The van der Waals surface area contributed by atoms with Crippen molar-refractivity contribution in [3.63, 3.8) is 0 Å². The molecule has 1 fully saturated rings. The van der Waals surface area contributed by atoms with Crippen LogP contribution in [0.25, 0.3) is 11.2 Å². The molecular formula is C14H18N4O2. The topological polar surface area (TPSA) is 90.9 Å². The van der Waals surface area contributed by atoms with E-state index in [1.165, 1.54) is 0 Å². The number of nitrogens with zero attached hydrogens (tertiary/aromatic N) is 2. The van der Waals surface area contributed by atoms with Crippen LogP contribution < -0.4 is 5.32 Å². The van der Waals surface area contributed by atoms with Gasteiger partial charge in [0.05, 0.1) is 29.6 Å². The average molecular weight is 274 g/mol. The van der Waals surface area contributed by atoms with Gasteiger partial charge in [-0.25, -0.2) is 9.97 Å². The lowest BCUT2D eigenvalue weighted by atomic mass is 10.1. The standard InChI is InChI=1S/C14H18N4O2/c1-14(2,7-19)18-13(20)9-5-15-12-11(9)17-10(6-16-12)8-3-4-8/h5-6,8,19H,3-4,7H2,1-2H3,(H,15,16)(H,18,20). The second-order valence-electron chi connectivity index (χ2n) is 5.96. The first-order valence-electron chi connectivity index (χ1n) is 6.77. The van der Waals surface area contributed by atoms with E-state index < -0.39 is 5.54 Å². The number of carbonyl (C=O) groups is 1. The Balaban J connectivity index is 1.94. The number of aliphatic hydroxyl groups is 1. The minimum Gasteiger partial charge on any atom is -0.394 e. The molecule has 1 amide bonds. The molecule has 2 aromatic rings. The number of rotatable bonds is 4. The zero-order valence-corrected chi connectivity index (χ0v) is 11.6. The molecule has 3 rings (SSSR count). The summed E-state index contributed by atoms with van der Waals surface area (Å²) in [5.41, 5.74) is 1.97. The minimum absolute atomic E-state index is 0.125. The maximum atomic E-state index is 12.3. The number of aliphatic hydroxyl groups excluding tert-OH is 1. The number of hydrogen-bond acceptors (Lipinski definition) is 4. The SMILES string of the molecule is CC(C)(CO)NC(=O)c1c[nH]c2ncc(C3CC3)nc12. The molecule has 106 valence electrons. The summed E-state index contributed by atoms with van der Waals surface area (Å²) in [6.07, 6.45) is 5.67. The minimum atomic E-state index is -0.664. The molecule has 6 heteroatoms. The first-order valence-corrected chi connectivity index (χ1v) is 6.77. The van der Waals surface area contributed by atoms with Crippen LogP contribution in [-0.4, -0.2) is 38.1 Å². The van der Waals surface area contributed by atoms with Gasteiger partial charge in [0.2, 0.25) is 0 Å². The third-order valence-electron chi connectivity index (χ3n) is 3.49.